The first-order chi connectivity index (χ1) is 23.3. The predicted octanol–water partition coefficient (Wildman–Crippen LogP) is 2.09. The smallest absolute Gasteiger partial charge is 0.142 e. The van der Waals surface area contributed by atoms with E-state index in [9.17, 15) is 0 Å². The Kier molecular flexibility index (Phi) is 34.8. The Bertz CT molecular complexity index is 757. The summed E-state index contributed by atoms with van der Waals surface area (Å²) in [6, 6.07) is 7.38. The third-order valence-electron chi connectivity index (χ3n) is 5.72. The maximum atomic E-state index is 5.82. The van der Waals surface area contributed by atoms with Gasteiger partial charge in [0.25, 0.3) is 0 Å². The third-order valence-corrected chi connectivity index (χ3v) is 5.87. The van der Waals surface area contributed by atoms with Crippen LogP contribution in [0.3, 0.4) is 0 Å². The largest absolute Gasteiger partial charge is 0.489 e. The van der Waals surface area contributed by atoms with Crippen molar-refractivity contribution < 1.29 is 61.6 Å². The van der Waals surface area contributed by atoms with Gasteiger partial charge in [0.2, 0.25) is 0 Å². The Balaban J connectivity index is 1.62. The monoisotopic (exact) mass is 699 g/mol. The number of ether oxygens (including phenoxy) is 13. The van der Waals surface area contributed by atoms with Crippen molar-refractivity contribution in [2.75, 3.05) is 177 Å². The fourth-order valence-electron chi connectivity index (χ4n) is 3.40. The van der Waals surface area contributed by atoms with E-state index in [2.05, 4.69) is 0 Å². The fourth-order valence-corrected chi connectivity index (χ4v) is 3.51. The number of nitrogen functional groups attached to an aromatic ring is 1. The number of hydrogen-bond acceptors (Lipinski definition) is 14. The first-order valence-corrected chi connectivity index (χ1v) is 16.8. The molecule has 0 amide bonds. The second kappa shape index (κ2) is 37.4. The number of nitrogens with two attached hydrogens (primary N) is 1. The minimum atomic E-state index is 0.436. The summed E-state index contributed by atoms with van der Waals surface area (Å²) in [7, 11) is 0. The zero-order valence-electron chi connectivity index (χ0n) is 28.0. The van der Waals surface area contributed by atoms with Crippen molar-refractivity contribution in [3.8, 4) is 5.75 Å². The molecule has 0 heterocycles. The molecule has 15 heteroatoms. The van der Waals surface area contributed by atoms with Crippen LogP contribution in [0.1, 0.15) is 0 Å². The number of alkyl halides is 1. The van der Waals surface area contributed by atoms with Crippen LogP contribution >= 0.6 is 11.6 Å². The first-order valence-electron chi connectivity index (χ1n) is 16.3. The lowest BCUT2D eigenvalue weighted by Crippen LogP contribution is -2.15. The minimum absolute atomic E-state index is 0.436. The molecule has 0 fully saturated rings. The van der Waals surface area contributed by atoms with Gasteiger partial charge < -0.3 is 67.3 Å². The summed E-state index contributed by atoms with van der Waals surface area (Å²) in [6.07, 6.45) is 0. The standard InChI is InChI=1S/C32H58ClNO13/c33-5-6-35-7-8-36-9-10-37-11-12-38-13-14-39-15-16-40-17-18-41-19-20-42-21-22-43-23-24-44-25-26-45-27-28-46-29-30-47-32-4-2-1-3-31(32)34/h1-4H,5-30,34H2. The topological polar surface area (TPSA) is 146 Å². The molecule has 0 aromatic heterocycles. The Morgan fingerprint density at radius 2 is 0.574 bits per heavy atom. The average Bonchev–Trinajstić information content (AvgIpc) is 3.08. The van der Waals surface area contributed by atoms with Crippen LogP contribution < -0.4 is 10.5 Å². The van der Waals surface area contributed by atoms with Crippen LogP contribution in [0, 0.1) is 0 Å². The van der Waals surface area contributed by atoms with Crippen molar-refractivity contribution in [1.29, 1.82) is 0 Å². The van der Waals surface area contributed by atoms with E-state index in [0.717, 1.165) is 0 Å². The molecular formula is C32H58ClNO13. The van der Waals surface area contributed by atoms with Gasteiger partial charge in [0, 0.05) is 5.88 Å². The van der Waals surface area contributed by atoms with Gasteiger partial charge >= 0.3 is 0 Å². The maximum Gasteiger partial charge on any atom is 0.142 e. The van der Waals surface area contributed by atoms with Crippen LogP contribution in [-0.4, -0.2) is 171 Å². The van der Waals surface area contributed by atoms with E-state index in [1.54, 1.807) is 6.07 Å². The summed E-state index contributed by atoms with van der Waals surface area (Å²) in [5.41, 5.74) is 6.43. The molecule has 0 saturated heterocycles. The second-order valence-electron chi connectivity index (χ2n) is 9.42. The van der Waals surface area contributed by atoms with Crippen molar-refractivity contribution in [3.05, 3.63) is 24.3 Å². The molecule has 2 N–H and O–H groups in total. The highest BCUT2D eigenvalue weighted by molar-refractivity contribution is 6.17. The van der Waals surface area contributed by atoms with Crippen molar-refractivity contribution in [1.82, 2.24) is 0 Å². The molecule has 0 bridgehead atoms. The van der Waals surface area contributed by atoms with Gasteiger partial charge in [-0.25, -0.2) is 0 Å². The maximum absolute atomic E-state index is 5.82. The third kappa shape index (κ3) is 32.9. The molecule has 0 aliphatic heterocycles. The molecule has 1 rings (SSSR count). The molecule has 0 aliphatic rings. The van der Waals surface area contributed by atoms with Crippen molar-refractivity contribution in [2.24, 2.45) is 0 Å². The van der Waals surface area contributed by atoms with Gasteiger partial charge in [0.05, 0.1) is 164 Å². The van der Waals surface area contributed by atoms with Crippen LogP contribution in [0.5, 0.6) is 5.75 Å². The van der Waals surface area contributed by atoms with E-state index < -0.39 is 0 Å². The summed E-state index contributed by atoms with van der Waals surface area (Å²) in [5, 5.41) is 0. The highest BCUT2D eigenvalue weighted by Gasteiger charge is 1.99. The van der Waals surface area contributed by atoms with Crippen molar-refractivity contribution >= 4 is 17.3 Å². The van der Waals surface area contributed by atoms with Gasteiger partial charge in [-0.15, -0.1) is 11.6 Å². The lowest BCUT2D eigenvalue weighted by molar-refractivity contribution is -0.0284. The molecule has 0 saturated carbocycles. The molecular weight excluding hydrogens is 642 g/mol. The van der Waals surface area contributed by atoms with Crippen LogP contribution in [0.2, 0.25) is 0 Å². The summed E-state index contributed by atoms with van der Waals surface area (Å²) >= 11 is 5.51. The normalized spacial score (nSPS) is 11.4. The van der Waals surface area contributed by atoms with E-state index in [-0.39, 0.29) is 0 Å². The first kappa shape index (κ1) is 43.7. The molecule has 0 radical (unpaired) electrons. The molecule has 47 heavy (non-hydrogen) atoms. The lowest BCUT2D eigenvalue weighted by atomic mass is 10.3. The van der Waals surface area contributed by atoms with Gasteiger partial charge in [0.1, 0.15) is 12.4 Å². The van der Waals surface area contributed by atoms with E-state index >= 15 is 0 Å². The van der Waals surface area contributed by atoms with Gasteiger partial charge in [-0.2, -0.15) is 0 Å². The van der Waals surface area contributed by atoms with Gasteiger partial charge in [-0.1, -0.05) is 12.1 Å². The number of benzene rings is 1. The Morgan fingerprint density at radius 3 is 0.830 bits per heavy atom. The highest BCUT2D eigenvalue weighted by Crippen LogP contribution is 2.19. The molecule has 0 atom stereocenters. The van der Waals surface area contributed by atoms with Crippen LogP contribution in [-0.2, 0) is 56.8 Å². The van der Waals surface area contributed by atoms with Gasteiger partial charge in [0.15, 0.2) is 0 Å². The zero-order valence-corrected chi connectivity index (χ0v) is 28.7. The van der Waals surface area contributed by atoms with E-state index in [1.165, 1.54) is 0 Å². The van der Waals surface area contributed by atoms with Crippen LogP contribution in [0.4, 0.5) is 5.69 Å². The molecule has 14 nitrogen and oxygen atoms in total. The Morgan fingerprint density at radius 1 is 0.340 bits per heavy atom. The molecule has 0 unspecified atom stereocenters. The number of rotatable bonds is 39. The number of halogens is 1. The zero-order chi connectivity index (χ0) is 33.6. The summed E-state index contributed by atoms with van der Waals surface area (Å²) in [6.45, 7) is 12.7. The van der Waals surface area contributed by atoms with Crippen molar-refractivity contribution in [3.63, 3.8) is 0 Å². The molecule has 276 valence electrons. The van der Waals surface area contributed by atoms with Crippen LogP contribution in [0.25, 0.3) is 0 Å². The molecule has 0 spiro atoms. The Labute approximate surface area is 285 Å². The molecule has 1 aromatic rings. The molecule has 1 aromatic carbocycles. The molecule has 0 aliphatic carbocycles. The quantitative estimate of drug-likeness (QED) is 0.0608. The number of hydrogen-bond donors (Lipinski definition) is 1. The second-order valence-corrected chi connectivity index (χ2v) is 9.80. The van der Waals surface area contributed by atoms with Crippen molar-refractivity contribution in [2.45, 2.75) is 0 Å². The van der Waals surface area contributed by atoms with Crippen LogP contribution in [0.15, 0.2) is 24.3 Å². The van der Waals surface area contributed by atoms with Gasteiger partial charge in [-0.3, -0.25) is 0 Å². The summed E-state index contributed by atoms with van der Waals surface area (Å²) in [5.74, 6) is 1.16. The Hall–Kier alpha value is -1.37. The highest BCUT2D eigenvalue weighted by atomic mass is 35.5. The SMILES string of the molecule is Nc1ccccc1OCCOCCOCCOCCOCCOCCOCCOCCOCCOCCOCCOCCOCCCl. The van der Waals surface area contributed by atoms with E-state index in [4.69, 9.17) is 78.9 Å². The van der Waals surface area contributed by atoms with Gasteiger partial charge in [-0.05, 0) is 12.1 Å². The summed E-state index contributed by atoms with van der Waals surface area (Å²) < 4.78 is 70.8. The minimum Gasteiger partial charge on any atom is -0.489 e. The number of para-hydroxylation sites is 2. The van der Waals surface area contributed by atoms with E-state index in [0.29, 0.717) is 182 Å². The predicted molar refractivity (Wildman–Crippen MR) is 177 cm³/mol. The fraction of sp³-hybridized carbons (Fsp3) is 0.812. The average molecular weight is 700 g/mol. The lowest BCUT2D eigenvalue weighted by Gasteiger charge is -2.10. The number of anilines is 1. The van der Waals surface area contributed by atoms with E-state index in [1.807, 2.05) is 18.2 Å². The summed E-state index contributed by atoms with van der Waals surface area (Å²) in [4.78, 5) is 0.